The van der Waals surface area contributed by atoms with E-state index in [1.807, 2.05) is 18.2 Å². The number of benzene rings is 1. The molecule has 0 radical (unpaired) electrons. The molecule has 0 atom stereocenters. The molecular weight excluding hydrogens is 304 g/mol. The number of methoxy groups -OCH3 is 2. The molecule has 5 nitrogen and oxygen atoms in total. The summed E-state index contributed by atoms with van der Waals surface area (Å²) in [6.07, 6.45) is 4.10. The minimum Gasteiger partial charge on any atom is -0.497 e. The molecule has 24 heavy (non-hydrogen) atoms. The van der Waals surface area contributed by atoms with Crippen molar-refractivity contribution in [3.05, 3.63) is 23.8 Å². The lowest BCUT2D eigenvalue weighted by molar-refractivity contribution is -0.121. The van der Waals surface area contributed by atoms with Gasteiger partial charge in [0.15, 0.2) is 0 Å². The molecule has 2 rings (SSSR count). The highest BCUT2D eigenvalue weighted by atomic mass is 16.5. The molecule has 1 aliphatic heterocycles. The Bertz CT molecular complexity index is 552. The van der Waals surface area contributed by atoms with Gasteiger partial charge in [-0.25, -0.2) is 0 Å². The lowest BCUT2D eigenvalue weighted by Gasteiger charge is -2.41. The molecule has 1 aliphatic rings. The van der Waals surface area contributed by atoms with Crippen LogP contribution in [0.15, 0.2) is 18.2 Å². The van der Waals surface area contributed by atoms with Gasteiger partial charge in [-0.15, -0.1) is 0 Å². The highest BCUT2D eigenvalue weighted by Crippen LogP contribution is 2.24. The smallest absolute Gasteiger partial charge is 0.224 e. The number of carbonyl (C=O) groups is 1. The highest BCUT2D eigenvalue weighted by Gasteiger charge is 2.28. The predicted octanol–water partition coefficient (Wildman–Crippen LogP) is 2.63. The van der Waals surface area contributed by atoms with Gasteiger partial charge in [0.05, 0.1) is 20.6 Å². The van der Waals surface area contributed by atoms with Crippen molar-refractivity contribution < 1.29 is 14.3 Å². The fourth-order valence-electron chi connectivity index (χ4n) is 3.18. The molecule has 0 bridgehead atoms. The van der Waals surface area contributed by atoms with Crippen LogP contribution in [-0.4, -0.2) is 50.2 Å². The SMILES string of the molecule is COc1ccc(OC)c(CC(=O)NCC(C)(C)N2CCCCC2)c1. The van der Waals surface area contributed by atoms with E-state index in [4.69, 9.17) is 9.47 Å². The molecule has 0 unspecified atom stereocenters. The summed E-state index contributed by atoms with van der Waals surface area (Å²) in [5.74, 6) is 1.44. The maximum atomic E-state index is 12.4. The van der Waals surface area contributed by atoms with Gasteiger partial charge in [0.1, 0.15) is 11.5 Å². The van der Waals surface area contributed by atoms with Crippen LogP contribution in [0.25, 0.3) is 0 Å². The first-order valence-corrected chi connectivity index (χ1v) is 8.69. The highest BCUT2D eigenvalue weighted by molar-refractivity contribution is 5.79. The summed E-state index contributed by atoms with van der Waals surface area (Å²) in [7, 11) is 3.23. The largest absolute Gasteiger partial charge is 0.497 e. The van der Waals surface area contributed by atoms with Gasteiger partial charge < -0.3 is 14.8 Å². The Hall–Kier alpha value is -1.75. The van der Waals surface area contributed by atoms with E-state index in [0.29, 0.717) is 12.3 Å². The van der Waals surface area contributed by atoms with Crippen LogP contribution in [0.1, 0.15) is 38.7 Å². The number of piperidine rings is 1. The zero-order chi connectivity index (χ0) is 17.6. The number of hydrogen-bond acceptors (Lipinski definition) is 4. The van der Waals surface area contributed by atoms with Gasteiger partial charge in [-0.05, 0) is 58.0 Å². The Morgan fingerprint density at radius 3 is 2.50 bits per heavy atom. The van der Waals surface area contributed by atoms with Crippen LogP contribution in [-0.2, 0) is 11.2 Å². The van der Waals surface area contributed by atoms with Crippen LogP contribution >= 0.6 is 0 Å². The molecule has 134 valence electrons. The van der Waals surface area contributed by atoms with E-state index in [9.17, 15) is 4.79 Å². The Labute approximate surface area is 145 Å². The van der Waals surface area contributed by atoms with Crippen LogP contribution in [0.4, 0.5) is 0 Å². The van der Waals surface area contributed by atoms with Crippen LogP contribution < -0.4 is 14.8 Å². The van der Waals surface area contributed by atoms with E-state index >= 15 is 0 Å². The molecule has 1 N–H and O–H groups in total. The minimum atomic E-state index is -0.0193. The average Bonchev–Trinajstić information content (AvgIpc) is 2.60. The number of amides is 1. The Morgan fingerprint density at radius 1 is 1.17 bits per heavy atom. The van der Waals surface area contributed by atoms with Gasteiger partial charge in [-0.2, -0.15) is 0 Å². The fourth-order valence-corrected chi connectivity index (χ4v) is 3.18. The molecule has 5 heteroatoms. The lowest BCUT2D eigenvalue weighted by atomic mass is 9.98. The minimum absolute atomic E-state index is 0.00615. The quantitative estimate of drug-likeness (QED) is 0.833. The predicted molar refractivity (Wildman–Crippen MR) is 95.8 cm³/mol. The number of likely N-dealkylation sites (tertiary alicyclic amines) is 1. The number of nitrogens with one attached hydrogen (secondary N) is 1. The molecule has 1 heterocycles. The zero-order valence-corrected chi connectivity index (χ0v) is 15.4. The summed E-state index contributed by atoms with van der Waals surface area (Å²) in [6, 6.07) is 5.52. The van der Waals surface area contributed by atoms with Crippen molar-refractivity contribution in [2.24, 2.45) is 0 Å². The van der Waals surface area contributed by atoms with Crippen molar-refractivity contribution in [1.29, 1.82) is 0 Å². The molecule has 0 saturated carbocycles. The monoisotopic (exact) mass is 334 g/mol. The fraction of sp³-hybridized carbons (Fsp3) is 0.632. The topological polar surface area (TPSA) is 50.8 Å². The molecule has 0 aliphatic carbocycles. The molecule has 1 amide bonds. The van der Waals surface area contributed by atoms with Gasteiger partial charge in [0.2, 0.25) is 5.91 Å². The molecule has 0 spiro atoms. The Kier molecular flexibility index (Phi) is 6.49. The number of hydrogen-bond donors (Lipinski definition) is 1. The molecule has 1 aromatic rings. The van der Waals surface area contributed by atoms with E-state index < -0.39 is 0 Å². The summed E-state index contributed by atoms with van der Waals surface area (Å²) in [4.78, 5) is 14.9. The van der Waals surface area contributed by atoms with Crippen LogP contribution in [0.5, 0.6) is 11.5 Å². The lowest BCUT2D eigenvalue weighted by Crippen LogP contribution is -2.53. The first-order valence-electron chi connectivity index (χ1n) is 8.69. The average molecular weight is 334 g/mol. The van der Waals surface area contributed by atoms with Gasteiger partial charge in [-0.3, -0.25) is 9.69 Å². The number of ether oxygens (including phenoxy) is 2. The number of nitrogens with zero attached hydrogens (tertiary/aromatic N) is 1. The second kappa shape index (κ2) is 8.38. The third kappa shape index (κ3) is 4.87. The summed E-state index contributed by atoms with van der Waals surface area (Å²) in [5, 5.41) is 3.08. The van der Waals surface area contributed by atoms with Crippen LogP contribution in [0.3, 0.4) is 0 Å². The van der Waals surface area contributed by atoms with Crippen molar-refractivity contribution in [2.45, 2.75) is 45.1 Å². The molecule has 1 aromatic carbocycles. The standard InChI is InChI=1S/C19H30N2O3/c1-19(2,21-10-6-5-7-11-21)14-20-18(22)13-15-12-16(23-3)8-9-17(15)24-4/h8-9,12H,5-7,10-11,13-14H2,1-4H3,(H,20,22). The molecular formula is C19H30N2O3. The normalized spacial score (nSPS) is 15.8. The summed E-state index contributed by atoms with van der Waals surface area (Å²) in [6.45, 7) is 7.28. The van der Waals surface area contributed by atoms with Gasteiger partial charge >= 0.3 is 0 Å². The van der Waals surface area contributed by atoms with Crippen molar-refractivity contribution in [3.8, 4) is 11.5 Å². The first kappa shape index (κ1) is 18.6. The maximum Gasteiger partial charge on any atom is 0.224 e. The van der Waals surface area contributed by atoms with E-state index in [2.05, 4.69) is 24.1 Å². The summed E-state index contributed by atoms with van der Waals surface area (Å²) < 4.78 is 10.6. The Morgan fingerprint density at radius 2 is 1.88 bits per heavy atom. The van der Waals surface area contributed by atoms with Crippen LogP contribution in [0.2, 0.25) is 0 Å². The van der Waals surface area contributed by atoms with Gasteiger partial charge in [-0.1, -0.05) is 6.42 Å². The third-order valence-electron chi connectivity index (χ3n) is 4.77. The molecule has 0 aromatic heterocycles. The third-order valence-corrected chi connectivity index (χ3v) is 4.77. The second-order valence-electron chi connectivity index (χ2n) is 6.99. The van der Waals surface area contributed by atoms with Gasteiger partial charge in [0.25, 0.3) is 0 Å². The van der Waals surface area contributed by atoms with Crippen molar-refractivity contribution in [3.63, 3.8) is 0 Å². The van der Waals surface area contributed by atoms with Crippen molar-refractivity contribution in [1.82, 2.24) is 10.2 Å². The van der Waals surface area contributed by atoms with Crippen molar-refractivity contribution >= 4 is 5.91 Å². The molecule has 1 fully saturated rings. The van der Waals surface area contributed by atoms with Crippen LogP contribution in [0, 0.1) is 0 Å². The first-order chi connectivity index (χ1) is 11.5. The van der Waals surface area contributed by atoms with E-state index in [-0.39, 0.29) is 17.9 Å². The van der Waals surface area contributed by atoms with Gasteiger partial charge in [0, 0.05) is 17.6 Å². The zero-order valence-electron chi connectivity index (χ0n) is 15.4. The summed E-state index contributed by atoms with van der Waals surface area (Å²) in [5.41, 5.74) is 0.819. The van der Waals surface area contributed by atoms with Crippen molar-refractivity contribution in [2.75, 3.05) is 33.9 Å². The molecule has 1 saturated heterocycles. The number of carbonyl (C=O) groups excluding carboxylic acids is 1. The summed E-state index contributed by atoms with van der Waals surface area (Å²) >= 11 is 0. The Balaban J connectivity index is 1.93. The van der Waals surface area contributed by atoms with E-state index in [1.54, 1.807) is 14.2 Å². The van der Waals surface area contributed by atoms with E-state index in [0.717, 1.165) is 24.4 Å². The number of rotatable bonds is 7. The maximum absolute atomic E-state index is 12.4. The van der Waals surface area contributed by atoms with E-state index in [1.165, 1.54) is 19.3 Å². The second-order valence-corrected chi connectivity index (χ2v) is 6.99.